The summed E-state index contributed by atoms with van der Waals surface area (Å²) in [5.74, 6) is -0.383. The maximum atomic E-state index is 12.6. The third-order valence-corrected chi connectivity index (χ3v) is 2.80. The molecular weight excluding hydrogens is 281 g/mol. The van der Waals surface area contributed by atoms with Crippen LogP contribution >= 0.6 is 0 Å². The fraction of sp³-hybridized carbons (Fsp3) is 0.533. The minimum atomic E-state index is -4.43. The van der Waals surface area contributed by atoms with Gasteiger partial charge < -0.3 is 11.1 Å². The first kappa shape index (κ1) is 17.5. The van der Waals surface area contributed by atoms with E-state index in [1.807, 2.05) is 20.8 Å². The number of nitrogens with two attached hydrogens (primary N) is 1. The molecule has 0 fully saturated rings. The molecule has 0 radical (unpaired) electrons. The van der Waals surface area contributed by atoms with E-state index >= 15 is 0 Å². The average molecular weight is 302 g/mol. The molecule has 0 aliphatic carbocycles. The summed E-state index contributed by atoms with van der Waals surface area (Å²) < 4.78 is 37.7. The van der Waals surface area contributed by atoms with E-state index in [9.17, 15) is 18.0 Å². The van der Waals surface area contributed by atoms with E-state index < -0.39 is 11.7 Å². The minimum absolute atomic E-state index is 0.00407. The quantitative estimate of drug-likeness (QED) is 0.889. The van der Waals surface area contributed by atoms with Gasteiger partial charge in [-0.15, -0.1) is 0 Å². The van der Waals surface area contributed by atoms with Crippen LogP contribution in [0.15, 0.2) is 24.3 Å². The monoisotopic (exact) mass is 302 g/mol. The highest BCUT2D eigenvalue weighted by atomic mass is 19.4. The van der Waals surface area contributed by atoms with Gasteiger partial charge in [0.25, 0.3) is 0 Å². The summed E-state index contributed by atoms with van der Waals surface area (Å²) in [6.07, 6.45) is -3.69. The van der Waals surface area contributed by atoms with Crippen molar-refractivity contribution in [2.45, 2.75) is 45.8 Å². The number of amides is 1. The van der Waals surface area contributed by atoms with Crippen molar-refractivity contribution in [1.82, 2.24) is 0 Å². The Morgan fingerprint density at radius 1 is 1.29 bits per heavy atom. The van der Waals surface area contributed by atoms with Gasteiger partial charge in [0.15, 0.2) is 0 Å². The number of halogens is 3. The van der Waals surface area contributed by atoms with Crippen molar-refractivity contribution in [3.05, 3.63) is 29.8 Å². The van der Waals surface area contributed by atoms with E-state index in [0.29, 0.717) is 6.42 Å². The molecule has 1 rings (SSSR count). The number of anilines is 1. The smallest absolute Gasteiger partial charge is 0.327 e. The van der Waals surface area contributed by atoms with Crippen molar-refractivity contribution in [1.29, 1.82) is 0 Å². The summed E-state index contributed by atoms with van der Waals surface area (Å²) in [4.78, 5) is 11.8. The fourth-order valence-corrected chi connectivity index (χ4v) is 2.08. The highest BCUT2D eigenvalue weighted by Crippen LogP contribution is 2.30. The molecule has 0 aliphatic heterocycles. The first-order chi connectivity index (χ1) is 9.47. The number of nitrogens with one attached hydrogen (secondary N) is 1. The van der Waals surface area contributed by atoms with Crippen molar-refractivity contribution in [2.24, 2.45) is 11.1 Å². The molecule has 3 N–H and O–H groups in total. The van der Waals surface area contributed by atoms with Crippen LogP contribution in [0.3, 0.4) is 0 Å². The Labute approximate surface area is 122 Å². The van der Waals surface area contributed by atoms with Gasteiger partial charge in [0.2, 0.25) is 5.91 Å². The van der Waals surface area contributed by atoms with E-state index in [4.69, 9.17) is 5.73 Å². The standard InChI is InChI=1S/C15H21F3N2O/c1-14(2,3)9-11(19)8-13(21)20-12-6-4-5-10(7-12)15(16,17)18/h4-7,11H,8-9,19H2,1-3H3,(H,20,21). The largest absolute Gasteiger partial charge is 0.416 e. The molecular formula is C15H21F3N2O. The highest BCUT2D eigenvalue weighted by Gasteiger charge is 2.30. The van der Waals surface area contributed by atoms with Crippen LogP contribution in [0.2, 0.25) is 0 Å². The Balaban J connectivity index is 2.63. The maximum absolute atomic E-state index is 12.6. The summed E-state index contributed by atoms with van der Waals surface area (Å²) in [5.41, 5.74) is 5.20. The third-order valence-electron chi connectivity index (χ3n) is 2.80. The van der Waals surface area contributed by atoms with Gasteiger partial charge in [-0.25, -0.2) is 0 Å². The Bertz CT molecular complexity index is 492. The molecule has 3 nitrogen and oxygen atoms in total. The molecule has 6 heteroatoms. The highest BCUT2D eigenvalue weighted by molar-refractivity contribution is 5.91. The lowest BCUT2D eigenvalue weighted by Gasteiger charge is -2.22. The van der Waals surface area contributed by atoms with Gasteiger partial charge >= 0.3 is 6.18 Å². The molecule has 0 bridgehead atoms. The lowest BCUT2D eigenvalue weighted by atomic mass is 9.87. The zero-order valence-corrected chi connectivity index (χ0v) is 12.4. The van der Waals surface area contributed by atoms with Gasteiger partial charge in [0.1, 0.15) is 0 Å². The van der Waals surface area contributed by atoms with Gasteiger partial charge in [0.05, 0.1) is 5.56 Å². The van der Waals surface area contributed by atoms with Gasteiger partial charge in [-0.3, -0.25) is 4.79 Å². The van der Waals surface area contributed by atoms with E-state index in [1.165, 1.54) is 12.1 Å². The molecule has 1 aromatic carbocycles. The third kappa shape index (κ3) is 6.62. The maximum Gasteiger partial charge on any atom is 0.416 e. The van der Waals surface area contributed by atoms with Crippen molar-refractivity contribution in [3.63, 3.8) is 0 Å². The van der Waals surface area contributed by atoms with Crippen LogP contribution in [-0.4, -0.2) is 11.9 Å². The zero-order valence-electron chi connectivity index (χ0n) is 12.4. The van der Waals surface area contributed by atoms with Crippen LogP contribution < -0.4 is 11.1 Å². The molecule has 1 aromatic rings. The summed E-state index contributed by atoms with van der Waals surface area (Å²) in [7, 11) is 0. The molecule has 1 atom stereocenters. The van der Waals surface area contributed by atoms with Crippen molar-refractivity contribution < 1.29 is 18.0 Å². The van der Waals surface area contributed by atoms with Crippen LogP contribution in [0.4, 0.5) is 18.9 Å². The Kier molecular flexibility index (Phi) is 5.39. The lowest BCUT2D eigenvalue weighted by molar-refractivity contribution is -0.137. The van der Waals surface area contributed by atoms with Gasteiger partial charge in [0, 0.05) is 18.2 Å². The normalized spacial score (nSPS) is 13.9. The Morgan fingerprint density at radius 3 is 2.43 bits per heavy atom. The van der Waals surface area contributed by atoms with Crippen molar-refractivity contribution >= 4 is 11.6 Å². The summed E-state index contributed by atoms with van der Waals surface area (Å²) in [6.45, 7) is 6.03. The molecule has 0 saturated heterocycles. The van der Waals surface area contributed by atoms with Gasteiger partial charge in [-0.05, 0) is 30.0 Å². The SMILES string of the molecule is CC(C)(C)CC(N)CC(=O)Nc1cccc(C(F)(F)F)c1. The summed E-state index contributed by atoms with van der Waals surface area (Å²) >= 11 is 0. The van der Waals surface area contributed by atoms with E-state index in [2.05, 4.69) is 5.32 Å². The molecule has 118 valence electrons. The molecule has 0 spiro atoms. The zero-order chi connectivity index (χ0) is 16.3. The van der Waals surface area contributed by atoms with E-state index in [-0.39, 0.29) is 29.5 Å². The Morgan fingerprint density at radius 2 is 1.90 bits per heavy atom. The second-order valence-electron chi connectivity index (χ2n) is 6.36. The predicted octanol–water partition coefficient (Wildman–Crippen LogP) is 3.80. The first-order valence-electron chi connectivity index (χ1n) is 6.70. The molecule has 0 heterocycles. The summed E-state index contributed by atoms with van der Waals surface area (Å²) in [5, 5.41) is 2.45. The molecule has 1 unspecified atom stereocenters. The number of hydrogen-bond acceptors (Lipinski definition) is 2. The fourth-order valence-electron chi connectivity index (χ4n) is 2.08. The molecule has 0 aromatic heterocycles. The first-order valence-corrected chi connectivity index (χ1v) is 6.70. The second-order valence-corrected chi connectivity index (χ2v) is 6.36. The van der Waals surface area contributed by atoms with Crippen LogP contribution in [0.5, 0.6) is 0 Å². The van der Waals surface area contributed by atoms with Gasteiger partial charge in [-0.2, -0.15) is 13.2 Å². The molecule has 1 amide bonds. The molecule has 0 aliphatic rings. The van der Waals surface area contributed by atoms with Crippen LogP contribution in [-0.2, 0) is 11.0 Å². The number of carbonyl (C=O) groups excluding carboxylic acids is 1. The number of carbonyl (C=O) groups is 1. The molecule has 0 saturated carbocycles. The topological polar surface area (TPSA) is 55.1 Å². The van der Waals surface area contributed by atoms with Crippen LogP contribution in [0, 0.1) is 5.41 Å². The minimum Gasteiger partial charge on any atom is -0.327 e. The predicted molar refractivity (Wildman–Crippen MR) is 76.7 cm³/mol. The number of hydrogen-bond donors (Lipinski definition) is 2. The van der Waals surface area contributed by atoms with E-state index in [1.54, 1.807) is 0 Å². The van der Waals surface area contributed by atoms with Gasteiger partial charge in [-0.1, -0.05) is 26.8 Å². The van der Waals surface area contributed by atoms with E-state index in [0.717, 1.165) is 12.1 Å². The second kappa shape index (κ2) is 6.47. The number of alkyl halides is 3. The number of rotatable bonds is 4. The van der Waals surface area contributed by atoms with Crippen LogP contribution in [0.25, 0.3) is 0 Å². The average Bonchev–Trinajstić information content (AvgIpc) is 2.24. The van der Waals surface area contributed by atoms with Crippen molar-refractivity contribution in [2.75, 3.05) is 5.32 Å². The number of benzene rings is 1. The lowest BCUT2D eigenvalue weighted by Crippen LogP contribution is -2.31. The van der Waals surface area contributed by atoms with Crippen molar-refractivity contribution in [3.8, 4) is 0 Å². The Hall–Kier alpha value is -1.56. The molecule has 21 heavy (non-hydrogen) atoms. The summed E-state index contributed by atoms with van der Waals surface area (Å²) in [6, 6.07) is 4.22. The van der Waals surface area contributed by atoms with Crippen LogP contribution in [0.1, 0.15) is 39.2 Å².